The van der Waals surface area contributed by atoms with E-state index >= 15 is 0 Å². The van der Waals surface area contributed by atoms with E-state index in [1.165, 1.54) is 7.11 Å². The molecule has 22 heavy (non-hydrogen) atoms. The highest BCUT2D eigenvalue weighted by molar-refractivity contribution is 5.54. The van der Waals surface area contributed by atoms with Crippen LogP contribution in [0.15, 0.2) is 53.1 Å². The van der Waals surface area contributed by atoms with Crippen molar-refractivity contribution in [3.63, 3.8) is 0 Å². The van der Waals surface area contributed by atoms with Crippen molar-refractivity contribution in [2.75, 3.05) is 12.4 Å². The van der Waals surface area contributed by atoms with Gasteiger partial charge in [0.05, 0.1) is 7.11 Å². The summed E-state index contributed by atoms with van der Waals surface area (Å²) in [5, 5.41) is 16.9. The van der Waals surface area contributed by atoms with Crippen LogP contribution in [0.25, 0.3) is 11.5 Å². The first-order valence-corrected chi connectivity index (χ1v) is 6.76. The van der Waals surface area contributed by atoms with Crippen molar-refractivity contribution in [3.8, 4) is 23.0 Å². The van der Waals surface area contributed by atoms with E-state index in [1.807, 2.05) is 30.3 Å². The monoisotopic (exact) mass is 297 g/mol. The van der Waals surface area contributed by atoms with Gasteiger partial charge in [-0.25, -0.2) is 0 Å². The standard InChI is InChI=1S/C16H15N3O3/c1-21-13-9-5-8-12(14(13)20)10-17-16-18-15(22-19-16)11-6-3-2-4-7-11/h2-9,20H,10H2,1H3,(H,17,19). The Morgan fingerprint density at radius 2 is 1.95 bits per heavy atom. The van der Waals surface area contributed by atoms with Gasteiger partial charge in [0.1, 0.15) is 0 Å². The summed E-state index contributed by atoms with van der Waals surface area (Å²) >= 11 is 0. The first kappa shape index (κ1) is 13.9. The number of ether oxygens (including phenoxy) is 1. The highest BCUT2D eigenvalue weighted by Crippen LogP contribution is 2.29. The number of phenolic OH excluding ortho intramolecular Hbond substituents is 1. The Labute approximate surface area is 127 Å². The van der Waals surface area contributed by atoms with Crippen molar-refractivity contribution in [3.05, 3.63) is 54.1 Å². The molecule has 0 bridgehead atoms. The summed E-state index contributed by atoms with van der Waals surface area (Å²) in [6, 6.07) is 14.8. The lowest BCUT2D eigenvalue weighted by molar-refractivity contribution is 0.371. The van der Waals surface area contributed by atoms with Crippen molar-refractivity contribution < 1.29 is 14.4 Å². The second-order valence-corrected chi connectivity index (χ2v) is 4.61. The van der Waals surface area contributed by atoms with Crippen LogP contribution in [0.3, 0.4) is 0 Å². The Bertz CT molecular complexity index is 756. The second kappa shape index (κ2) is 6.17. The van der Waals surface area contributed by atoms with Crippen LogP contribution in [0.1, 0.15) is 5.56 Å². The van der Waals surface area contributed by atoms with Crippen molar-refractivity contribution in [1.29, 1.82) is 0 Å². The predicted octanol–water partition coefficient (Wildman–Crippen LogP) is 3.06. The lowest BCUT2D eigenvalue weighted by Gasteiger charge is -2.08. The van der Waals surface area contributed by atoms with Gasteiger partial charge in [0.2, 0.25) is 0 Å². The van der Waals surface area contributed by atoms with Crippen molar-refractivity contribution >= 4 is 5.95 Å². The maximum atomic E-state index is 10.0. The average Bonchev–Trinajstić information content (AvgIpc) is 3.04. The number of nitrogens with zero attached hydrogens (tertiary/aromatic N) is 2. The molecule has 3 rings (SSSR count). The second-order valence-electron chi connectivity index (χ2n) is 4.61. The van der Waals surface area contributed by atoms with Gasteiger partial charge in [0.25, 0.3) is 11.8 Å². The molecule has 0 aliphatic carbocycles. The summed E-state index contributed by atoms with van der Waals surface area (Å²) in [6.07, 6.45) is 0. The summed E-state index contributed by atoms with van der Waals surface area (Å²) in [5.74, 6) is 1.33. The lowest BCUT2D eigenvalue weighted by atomic mass is 10.2. The number of para-hydroxylation sites is 1. The smallest absolute Gasteiger partial charge is 0.264 e. The minimum absolute atomic E-state index is 0.101. The van der Waals surface area contributed by atoms with E-state index < -0.39 is 0 Å². The molecule has 0 atom stereocenters. The summed E-state index contributed by atoms with van der Waals surface area (Å²) in [6.45, 7) is 0.358. The number of phenols is 1. The van der Waals surface area contributed by atoms with Crippen molar-refractivity contribution in [2.24, 2.45) is 0 Å². The van der Waals surface area contributed by atoms with Gasteiger partial charge in [0, 0.05) is 17.7 Å². The number of anilines is 1. The molecule has 6 nitrogen and oxygen atoms in total. The molecule has 112 valence electrons. The Kier molecular flexibility index (Phi) is 3.91. The van der Waals surface area contributed by atoms with Crippen LogP contribution in [-0.2, 0) is 6.54 Å². The van der Waals surface area contributed by atoms with Gasteiger partial charge in [-0.1, -0.05) is 30.3 Å². The minimum Gasteiger partial charge on any atom is -0.504 e. The largest absolute Gasteiger partial charge is 0.504 e. The maximum Gasteiger partial charge on any atom is 0.264 e. The first-order valence-electron chi connectivity index (χ1n) is 6.76. The number of rotatable bonds is 5. The number of benzene rings is 2. The number of hydrogen-bond acceptors (Lipinski definition) is 6. The van der Waals surface area contributed by atoms with Gasteiger partial charge in [-0.2, -0.15) is 4.98 Å². The van der Waals surface area contributed by atoms with Gasteiger partial charge in [0.15, 0.2) is 11.5 Å². The topological polar surface area (TPSA) is 80.4 Å². The van der Waals surface area contributed by atoms with Crippen molar-refractivity contribution in [2.45, 2.75) is 6.54 Å². The van der Waals surface area contributed by atoms with E-state index in [0.717, 1.165) is 5.56 Å². The molecule has 6 heteroatoms. The van der Waals surface area contributed by atoms with E-state index in [0.29, 0.717) is 29.7 Å². The molecule has 2 aromatic carbocycles. The third-order valence-electron chi connectivity index (χ3n) is 3.19. The SMILES string of the molecule is COc1cccc(CNc2noc(-c3ccccc3)n2)c1O. The van der Waals surface area contributed by atoms with Crippen LogP contribution >= 0.6 is 0 Å². The third kappa shape index (κ3) is 2.85. The highest BCUT2D eigenvalue weighted by atomic mass is 16.5. The Morgan fingerprint density at radius 3 is 2.73 bits per heavy atom. The molecular formula is C16H15N3O3. The van der Waals surface area contributed by atoms with Crippen LogP contribution in [0, 0.1) is 0 Å². The fourth-order valence-corrected chi connectivity index (χ4v) is 2.04. The summed E-state index contributed by atoms with van der Waals surface area (Å²) in [5.41, 5.74) is 1.54. The number of aromatic hydroxyl groups is 1. The molecule has 1 aromatic heterocycles. The zero-order valence-electron chi connectivity index (χ0n) is 12.0. The summed E-state index contributed by atoms with van der Waals surface area (Å²) in [4.78, 5) is 4.27. The van der Waals surface area contributed by atoms with Crippen LogP contribution in [0.2, 0.25) is 0 Å². The molecule has 0 unspecified atom stereocenters. The number of nitrogens with one attached hydrogen (secondary N) is 1. The third-order valence-corrected chi connectivity index (χ3v) is 3.19. The van der Waals surface area contributed by atoms with Crippen LogP contribution in [-0.4, -0.2) is 22.4 Å². The molecule has 0 saturated carbocycles. The highest BCUT2D eigenvalue weighted by Gasteiger charge is 2.10. The Hall–Kier alpha value is -3.02. The molecule has 2 N–H and O–H groups in total. The maximum absolute atomic E-state index is 10.0. The predicted molar refractivity (Wildman–Crippen MR) is 81.7 cm³/mol. The lowest BCUT2D eigenvalue weighted by Crippen LogP contribution is -2.01. The number of hydrogen-bond donors (Lipinski definition) is 2. The zero-order chi connectivity index (χ0) is 15.4. The summed E-state index contributed by atoms with van der Waals surface area (Å²) < 4.78 is 10.3. The fraction of sp³-hybridized carbons (Fsp3) is 0.125. The van der Waals surface area contributed by atoms with Gasteiger partial charge in [-0.15, -0.1) is 0 Å². The van der Waals surface area contributed by atoms with Crippen molar-refractivity contribution in [1.82, 2.24) is 10.1 Å². The average molecular weight is 297 g/mol. The quantitative estimate of drug-likeness (QED) is 0.753. The van der Waals surface area contributed by atoms with E-state index in [2.05, 4.69) is 15.5 Å². The van der Waals surface area contributed by atoms with E-state index in [4.69, 9.17) is 9.26 Å². The molecule has 0 aliphatic heterocycles. The molecule has 3 aromatic rings. The van der Waals surface area contributed by atoms with Crippen LogP contribution in [0.5, 0.6) is 11.5 Å². The molecule has 0 amide bonds. The molecule has 0 saturated heterocycles. The van der Waals surface area contributed by atoms with E-state index in [-0.39, 0.29) is 5.75 Å². The zero-order valence-corrected chi connectivity index (χ0v) is 12.0. The molecular weight excluding hydrogens is 282 g/mol. The first-order chi connectivity index (χ1) is 10.8. The normalized spacial score (nSPS) is 10.4. The Balaban J connectivity index is 1.72. The minimum atomic E-state index is 0.101. The Morgan fingerprint density at radius 1 is 1.14 bits per heavy atom. The molecule has 0 radical (unpaired) electrons. The molecule has 0 aliphatic rings. The summed E-state index contributed by atoms with van der Waals surface area (Å²) in [7, 11) is 1.51. The number of aromatic nitrogens is 2. The van der Waals surface area contributed by atoms with Gasteiger partial charge in [-0.05, 0) is 23.4 Å². The van der Waals surface area contributed by atoms with Crippen LogP contribution in [0.4, 0.5) is 5.95 Å². The fourth-order valence-electron chi connectivity index (χ4n) is 2.04. The molecule has 0 spiro atoms. The van der Waals surface area contributed by atoms with Gasteiger partial charge in [-0.3, -0.25) is 0 Å². The number of methoxy groups -OCH3 is 1. The van der Waals surface area contributed by atoms with Gasteiger partial charge >= 0.3 is 0 Å². The van der Waals surface area contributed by atoms with Crippen LogP contribution < -0.4 is 10.1 Å². The molecule has 1 heterocycles. The van der Waals surface area contributed by atoms with Gasteiger partial charge < -0.3 is 19.7 Å². The van der Waals surface area contributed by atoms with E-state index in [9.17, 15) is 5.11 Å². The molecule has 0 fully saturated rings. The van der Waals surface area contributed by atoms with E-state index in [1.54, 1.807) is 18.2 Å².